The summed E-state index contributed by atoms with van der Waals surface area (Å²) in [6, 6.07) is -0.0536. The molecule has 0 N–H and O–H groups in total. The Morgan fingerprint density at radius 3 is 3.00 bits per heavy atom. The van der Waals surface area contributed by atoms with Crippen LogP contribution in [0.15, 0.2) is 37.3 Å². The number of carbonyl (C=O) groups is 1. The zero-order chi connectivity index (χ0) is 19.4. The number of hydrogen-bond acceptors (Lipinski definition) is 8. The van der Waals surface area contributed by atoms with Gasteiger partial charge in [0.1, 0.15) is 12.6 Å². The lowest BCUT2D eigenvalue weighted by atomic mass is 9.76. The molecule has 0 radical (unpaired) electrons. The molecule has 6 rings (SSSR count). The lowest BCUT2D eigenvalue weighted by Crippen LogP contribution is -2.54. The summed E-state index contributed by atoms with van der Waals surface area (Å²) in [5.41, 5.74) is 1.01. The summed E-state index contributed by atoms with van der Waals surface area (Å²) >= 11 is 0. The average Bonchev–Trinajstić information content (AvgIpc) is 3.41. The van der Waals surface area contributed by atoms with Gasteiger partial charge in [0.2, 0.25) is 0 Å². The fourth-order valence-corrected chi connectivity index (χ4v) is 4.61. The Balaban J connectivity index is 1.11. The largest absolute Gasteiger partial charge is 0.373 e. The molecule has 0 bridgehead atoms. The molecule has 3 fully saturated rings. The van der Waals surface area contributed by atoms with Crippen LogP contribution in [0.3, 0.4) is 0 Å². The summed E-state index contributed by atoms with van der Waals surface area (Å²) in [5.74, 6) is 0.614. The van der Waals surface area contributed by atoms with Crippen molar-refractivity contribution in [3.05, 3.63) is 48.6 Å². The number of hydrogen-bond donors (Lipinski definition) is 0. The highest BCUT2D eigenvalue weighted by atomic mass is 16.6. The van der Waals surface area contributed by atoms with Gasteiger partial charge < -0.3 is 14.4 Å². The lowest BCUT2D eigenvalue weighted by Gasteiger charge is -2.42. The van der Waals surface area contributed by atoms with E-state index in [0.29, 0.717) is 25.2 Å². The number of amides is 1. The molecule has 2 aliphatic heterocycles. The van der Waals surface area contributed by atoms with Crippen LogP contribution in [0.4, 0.5) is 0 Å². The van der Waals surface area contributed by atoms with E-state index in [9.17, 15) is 4.79 Å². The van der Waals surface area contributed by atoms with E-state index in [0.717, 1.165) is 24.1 Å². The highest BCUT2D eigenvalue weighted by Gasteiger charge is 2.63. The zero-order valence-corrected chi connectivity index (χ0v) is 15.6. The van der Waals surface area contributed by atoms with E-state index in [-0.39, 0.29) is 24.3 Å². The second kappa shape index (κ2) is 6.26. The molecular weight excluding hydrogens is 374 g/mol. The van der Waals surface area contributed by atoms with E-state index in [1.54, 1.807) is 35.5 Å². The third-order valence-electron chi connectivity index (χ3n) is 6.05. The SMILES string of the molecule is O=C1N2C(CC[C@H]2c2cnccn2)OC12CC(OCc1cnc3nncn3c1)C2. The van der Waals surface area contributed by atoms with E-state index >= 15 is 0 Å². The minimum Gasteiger partial charge on any atom is -0.373 e. The number of rotatable bonds is 4. The van der Waals surface area contributed by atoms with E-state index in [2.05, 4.69) is 25.1 Å². The molecule has 5 heterocycles. The molecule has 148 valence electrons. The smallest absolute Gasteiger partial charge is 0.257 e. The Bertz CT molecular complexity index is 1070. The van der Waals surface area contributed by atoms with E-state index in [1.807, 2.05) is 11.1 Å². The predicted molar refractivity (Wildman–Crippen MR) is 97.1 cm³/mol. The number of ether oxygens (including phenoxy) is 2. The molecule has 1 amide bonds. The molecular formula is C19H19N7O3. The predicted octanol–water partition coefficient (Wildman–Crippen LogP) is 1.05. The fraction of sp³-hybridized carbons (Fsp3) is 0.474. The van der Waals surface area contributed by atoms with Gasteiger partial charge in [-0.1, -0.05) is 0 Å². The first-order valence-electron chi connectivity index (χ1n) is 9.74. The number of aromatic nitrogens is 6. The number of fused-ring (bicyclic) bond motifs is 2. The van der Waals surface area contributed by atoms with Crippen molar-refractivity contribution in [3.8, 4) is 0 Å². The van der Waals surface area contributed by atoms with Crippen LogP contribution in [0.5, 0.6) is 0 Å². The molecule has 3 aromatic heterocycles. The van der Waals surface area contributed by atoms with Crippen molar-refractivity contribution in [3.63, 3.8) is 0 Å². The average molecular weight is 393 g/mol. The summed E-state index contributed by atoms with van der Waals surface area (Å²) in [7, 11) is 0. The van der Waals surface area contributed by atoms with Crippen molar-refractivity contribution in [2.75, 3.05) is 0 Å². The summed E-state index contributed by atoms with van der Waals surface area (Å²) in [5, 5.41) is 7.71. The monoisotopic (exact) mass is 393 g/mol. The maximum absolute atomic E-state index is 13.2. The van der Waals surface area contributed by atoms with Crippen molar-refractivity contribution in [1.82, 2.24) is 34.4 Å². The van der Waals surface area contributed by atoms with Gasteiger partial charge in [0, 0.05) is 43.2 Å². The van der Waals surface area contributed by atoms with Gasteiger partial charge >= 0.3 is 0 Å². The minimum atomic E-state index is -0.743. The minimum absolute atomic E-state index is 0.00875. The zero-order valence-electron chi connectivity index (χ0n) is 15.6. The first-order chi connectivity index (χ1) is 14.2. The van der Waals surface area contributed by atoms with Crippen molar-refractivity contribution < 1.29 is 14.3 Å². The Kier molecular flexibility index (Phi) is 3.65. The molecule has 10 nitrogen and oxygen atoms in total. The molecule has 1 saturated carbocycles. The maximum atomic E-state index is 13.2. The Labute approximate surface area is 165 Å². The second-order valence-electron chi connectivity index (χ2n) is 7.84. The van der Waals surface area contributed by atoms with Gasteiger partial charge in [-0.15, -0.1) is 10.2 Å². The molecule has 1 spiro atoms. The summed E-state index contributed by atoms with van der Waals surface area (Å²) in [4.78, 5) is 27.8. The Morgan fingerprint density at radius 2 is 2.14 bits per heavy atom. The highest BCUT2D eigenvalue weighted by Crippen LogP contribution is 2.51. The summed E-state index contributed by atoms with van der Waals surface area (Å²) < 4.78 is 14.0. The third-order valence-corrected chi connectivity index (χ3v) is 6.05. The quantitative estimate of drug-likeness (QED) is 0.647. The van der Waals surface area contributed by atoms with E-state index in [1.165, 1.54) is 0 Å². The van der Waals surface area contributed by atoms with E-state index in [4.69, 9.17) is 9.47 Å². The topological polar surface area (TPSA) is 108 Å². The van der Waals surface area contributed by atoms with Crippen molar-refractivity contribution in [2.45, 2.75) is 56.3 Å². The van der Waals surface area contributed by atoms with Gasteiger partial charge in [-0.3, -0.25) is 19.2 Å². The van der Waals surface area contributed by atoms with Gasteiger partial charge in [-0.05, 0) is 12.8 Å². The highest BCUT2D eigenvalue weighted by molar-refractivity contribution is 5.89. The van der Waals surface area contributed by atoms with Crippen LogP contribution >= 0.6 is 0 Å². The number of nitrogens with zero attached hydrogens (tertiary/aromatic N) is 7. The Hall–Kier alpha value is -2.98. The standard InChI is InChI=1S/C19H19N7O3/c27-17-19(29-16-2-1-15(26(16)17)14-8-20-3-4-21-14)5-13(6-19)28-10-12-7-22-18-24-23-11-25(18)9-12/h3-4,7-9,11,13,15-16H,1-2,5-6,10H2/t13?,15-,16?,19?/m0/s1. The van der Waals surface area contributed by atoms with E-state index < -0.39 is 5.60 Å². The fourth-order valence-electron chi connectivity index (χ4n) is 4.61. The normalized spacial score (nSPS) is 30.8. The van der Waals surface area contributed by atoms with Crippen molar-refractivity contribution in [2.24, 2.45) is 0 Å². The molecule has 3 aromatic rings. The first-order valence-corrected chi connectivity index (χ1v) is 9.74. The van der Waals surface area contributed by atoms with Crippen LogP contribution in [0.25, 0.3) is 5.78 Å². The third kappa shape index (κ3) is 2.63. The van der Waals surface area contributed by atoms with Gasteiger partial charge in [-0.2, -0.15) is 0 Å². The van der Waals surface area contributed by atoms with Gasteiger partial charge in [-0.25, -0.2) is 4.98 Å². The molecule has 2 saturated heterocycles. The summed E-state index contributed by atoms with van der Waals surface area (Å²) in [6.45, 7) is 0.422. The van der Waals surface area contributed by atoms with Crippen LogP contribution < -0.4 is 0 Å². The van der Waals surface area contributed by atoms with Crippen molar-refractivity contribution in [1.29, 1.82) is 0 Å². The second-order valence-corrected chi connectivity index (χ2v) is 7.84. The van der Waals surface area contributed by atoms with Gasteiger partial charge in [0.25, 0.3) is 11.7 Å². The maximum Gasteiger partial charge on any atom is 0.257 e. The lowest BCUT2D eigenvalue weighted by molar-refractivity contribution is -0.177. The molecule has 10 heteroatoms. The Morgan fingerprint density at radius 1 is 1.21 bits per heavy atom. The molecule has 29 heavy (non-hydrogen) atoms. The van der Waals surface area contributed by atoms with Crippen LogP contribution in [0, 0.1) is 0 Å². The van der Waals surface area contributed by atoms with Gasteiger partial charge in [0.15, 0.2) is 5.60 Å². The molecule has 3 aliphatic rings. The molecule has 2 atom stereocenters. The van der Waals surface area contributed by atoms with Crippen LogP contribution in [0.2, 0.25) is 0 Å². The summed E-state index contributed by atoms with van der Waals surface area (Å²) in [6.07, 6.45) is 12.9. The molecule has 1 aliphatic carbocycles. The van der Waals surface area contributed by atoms with Crippen LogP contribution in [-0.2, 0) is 20.9 Å². The molecule has 0 aromatic carbocycles. The van der Waals surface area contributed by atoms with Crippen molar-refractivity contribution >= 4 is 11.7 Å². The molecule has 1 unspecified atom stereocenters. The first kappa shape index (κ1) is 16.9. The van der Waals surface area contributed by atoms with Gasteiger partial charge in [0.05, 0.1) is 30.6 Å². The number of carbonyl (C=O) groups excluding carboxylic acids is 1. The van der Waals surface area contributed by atoms with Crippen LogP contribution in [0.1, 0.15) is 43.0 Å². The van der Waals surface area contributed by atoms with Crippen LogP contribution in [-0.4, -0.2) is 58.3 Å².